The molecular formula is C29H32N4O3. The molecule has 7 heteroatoms. The highest BCUT2D eigenvalue weighted by atomic mass is 16.6. The molecule has 0 bridgehead atoms. The second kappa shape index (κ2) is 9.30. The number of hydrogen-bond acceptors (Lipinski definition) is 5. The number of cyclic esters (lactones) is 1. The standard InChI is InChI=1S/C29H32N4O3/c1-20-18-21(2)26(30-19-20)31-14-16-32(17-15-31)27(34)23-10-12-24(13-11-23)33-25(22-8-6-5-7-9-22)29(3,4)36-28(33)35/h5-13,18-19,25H,14-17H2,1-4H3/t25-/m1/s1. The molecule has 0 aliphatic carbocycles. The molecule has 2 amide bonds. The van der Waals surface area contributed by atoms with Gasteiger partial charge in [-0.2, -0.15) is 0 Å². The fourth-order valence-electron chi connectivity index (χ4n) is 5.29. The van der Waals surface area contributed by atoms with E-state index in [0.717, 1.165) is 35.6 Å². The van der Waals surface area contributed by atoms with Crippen molar-refractivity contribution in [1.82, 2.24) is 9.88 Å². The highest BCUT2D eigenvalue weighted by Crippen LogP contribution is 2.43. The van der Waals surface area contributed by atoms with Crippen molar-refractivity contribution in [3.8, 4) is 0 Å². The molecule has 2 saturated heterocycles. The Labute approximate surface area is 212 Å². The van der Waals surface area contributed by atoms with Crippen LogP contribution in [-0.2, 0) is 4.74 Å². The normalized spacial score (nSPS) is 19.4. The lowest BCUT2D eigenvalue weighted by atomic mass is 9.91. The summed E-state index contributed by atoms with van der Waals surface area (Å²) in [5.74, 6) is 0.990. The number of amides is 2. The Balaban J connectivity index is 1.29. The molecule has 0 saturated carbocycles. The summed E-state index contributed by atoms with van der Waals surface area (Å²) >= 11 is 0. The first-order valence-corrected chi connectivity index (χ1v) is 12.4. The number of aromatic nitrogens is 1. The minimum absolute atomic E-state index is 0.00118. The second-order valence-corrected chi connectivity index (χ2v) is 10.1. The van der Waals surface area contributed by atoms with Gasteiger partial charge in [-0.25, -0.2) is 9.78 Å². The lowest BCUT2D eigenvalue weighted by molar-refractivity contribution is 0.0684. The Bertz CT molecular complexity index is 1270. The van der Waals surface area contributed by atoms with Crippen LogP contribution in [0.15, 0.2) is 66.9 Å². The van der Waals surface area contributed by atoms with Gasteiger partial charge >= 0.3 is 6.09 Å². The minimum Gasteiger partial charge on any atom is -0.441 e. The van der Waals surface area contributed by atoms with E-state index in [4.69, 9.17) is 4.74 Å². The van der Waals surface area contributed by atoms with Crippen LogP contribution in [0.25, 0.3) is 0 Å². The Morgan fingerprint density at radius 1 is 0.972 bits per heavy atom. The van der Waals surface area contributed by atoms with Crippen LogP contribution < -0.4 is 9.80 Å². The predicted octanol–water partition coefficient (Wildman–Crippen LogP) is 5.14. The SMILES string of the molecule is Cc1cnc(N2CCN(C(=O)c3ccc(N4C(=O)OC(C)(C)[C@H]4c4ccccc4)cc3)CC2)c(C)c1. The Hall–Kier alpha value is -3.87. The van der Waals surface area contributed by atoms with E-state index in [1.165, 1.54) is 0 Å². The smallest absolute Gasteiger partial charge is 0.415 e. The van der Waals surface area contributed by atoms with Gasteiger partial charge in [-0.15, -0.1) is 0 Å². The van der Waals surface area contributed by atoms with E-state index in [2.05, 4.69) is 22.9 Å². The van der Waals surface area contributed by atoms with Gasteiger partial charge in [0.15, 0.2) is 0 Å². The molecule has 0 spiro atoms. The number of piperazine rings is 1. The van der Waals surface area contributed by atoms with Crippen molar-refractivity contribution in [2.75, 3.05) is 36.0 Å². The summed E-state index contributed by atoms with van der Waals surface area (Å²) in [5, 5.41) is 0. The first-order chi connectivity index (χ1) is 17.2. The van der Waals surface area contributed by atoms with Gasteiger partial charge in [0, 0.05) is 43.6 Å². The summed E-state index contributed by atoms with van der Waals surface area (Å²) in [6, 6.07) is 19.0. The van der Waals surface area contributed by atoms with Gasteiger partial charge in [-0.3, -0.25) is 9.69 Å². The molecule has 2 aromatic carbocycles. The van der Waals surface area contributed by atoms with Gasteiger partial charge in [-0.1, -0.05) is 36.4 Å². The van der Waals surface area contributed by atoms with Crippen molar-refractivity contribution in [3.63, 3.8) is 0 Å². The minimum atomic E-state index is -0.683. The van der Waals surface area contributed by atoms with E-state index < -0.39 is 5.60 Å². The molecule has 3 heterocycles. The van der Waals surface area contributed by atoms with Crippen molar-refractivity contribution in [3.05, 3.63) is 89.1 Å². The van der Waals surface area contributed by atoms with Crippen LogP contribution >= 0.6 is 0 Å². The summed E-state index contributed by atoms with van der Waals surface area (Å²) in [6.45, 7) is 10.7. The van der Waals surface area contributed by atoms with Crippen LogP contribution in [0.3, 0.4) is 0 Å². The fraction of sp³-hybridized carbons (Fsp3) is 0.345. The maximum Gasteiger partial charge on any atom is 0.415 e. The molecule has 1 atom stereocenters. The van der Waals surface area contributed by atoms with E-state index in [9.17, 15) is 9.59 Å². The number of carbonyl (C=O) groups is 2. The summed E-state index contributed by atoms with van der Waals surface area (Å²) in [4.78, 5) is 36.5. The van der Waals surface area contributed by atoms with Gasteiger partial charge < -0.3 is 14.5 Å². The largest absolute Gasteiger partial charge is 0.441 e. The van der Waals surface area contributed by atoms with Gasteiger partial charge in [-0.05, 0) is 68.7 Å². The van der Waals surface area contributed by atoms with Crippen LogP contribution in [0, 0.1) is 13.8 Å². The molecule has 2 fully saturated rings. The van der Waals surface area contributed by atoms with Crippen LogP contribution in [0.1, 0.15) is 46.9 Å². The number of ether oxygens (including phenoxy) is 1. The third-order valence-electron chi connectivity index (χ3n) is 7.03. The summed E-state index contributed by atoms with van der Waals surface area (Å²) < 4.78 is 5.72. The molecule has 0 N–H and O–H groups in total. The van der Waals surface area contributed by atoms with Gasteiger partial charge in [0.25, 0.3) is 5.91 Å². The number of aryl methyl sites for hydroxylation is 2. The third kappa shape index (κ3) is 4.41. The van der Waals surface area contributed by atoms with Crippen LogP contribution in [0.4, 0.5) is 16.3 Å². The number of benzene rings is 2. The van der Waals surface area contributed by atoms with E-state index in [-0.39, 0.29) is 18.0 Å². The number of pyridine rings is 1. The Morgan fingerprint density at radius 2 is 1.64 bits per heavy atom. The lowest BCUT2D eigenvalue weighted by Crippen LogP contribution is -2.49. The number of anilines is 2. The first kappa shape index (κ1) is 23.9. The Kier molecular flexibility index (Phi) is 6.16. The molecule has 186 valence electrons. The van der Waals surface area contributed by atoms with Crippen LogP contribution in [0.5, 0.6) is 0 Å². The predicted molar refractivity (Wildman–Crippen MR) is 140 cm³/mol. The van der Waals surface area contributed by atoms with E-state index >= 15 is 0 Å². The molecule has 36 heavy (non-hydrogen) atoms. The van der Waals surface area contributed by atoms with Crippen molar-refractivity contribution in [1.29, 1.82) is 0 Å². The summed E-state index contributed by atoms with van der Waals surface area (Å²) in [6.07, 6.45) is 1.50. The maximum atomic E-state index is 13.2. The van der Waals surface area contributed by atoms with Crippen molar-refractivity contribution < 1.29 is 14.3 Å². The van der Waals surface area contributed by atoms with Gasteiger partial charge in [0.2, 0.25) is 0 Å². The highest BCUT2D eigenvalue weighted by Gasteiger charge is 2.49. The molecule has 2 aliphatic heterocycles. The third-order valence-corrected chi connectivity index (χ3v) is 7.03. The zero-order valence-electron chi connectivity index (χ0n) is 21.3. The number of hydrogen-bond donors (Lipinski definition) is 0. The zero-order chi connectivity index (χ0) is 25.4. The number of rotatable bonds is 4. The van der Waals surface area contributed by atoms with Gasteiger partial charge in [0.05, 0.1) is 0 Å². The highest BCUT2D eigenvalue weighted by molar-refractivity contribution is 5.96. The fourth-order valence-corrected chi connectivity index (χ4v) is 5.29. The number of nitrogens with zero attached hydrogens (tertiary/aromatic N) is 4. The molecule has 2 aliphatic rings. The number of carbonyl (C=O) groups excluding carboxylic acids is 2. The van der Waals surface area contributed by atoms with Crippen molar-refractivity contribution >= 4 is 23.5 Å². The van der Waals surface area contributed by atoms with Gasteiger partial charge in [0.1, 0.15) is 17.5 Å². The van der Waals surface area contributed by atoms with E-state index in [1.54, 1.807) is 17.0 Å². The van der Waals surface area contributed by atoms with E-state index in [1.807, 2.05) is 74.3 Å². The zero-order valence-corrected chi connectivity index (χ0v) is 21.3. The maximum absolute atomic E-state index is 13.2. The monoisotopic (exact) mass is 484 g/mol. The molecule has 0 radical (unpaired) electrons. The summed E-state index contributed by atoms with van der Waals surface area (Å²) in [5.41, 5.74) is 3.94. The average Bonchev–Trinajstić information content (AvgIpc) is 3.12. The van der Waals surface area contributed by atoms with E-state index in [0.29, 0.717) is 24.3 Å². The molecule has 1 aromatic heterocycles. The summed E-state index contributed by atoms with van der Waals surface area (Å²) in [7, 11) is 0. The lowest BCUT2D eigenvalue weighted by Gasteiger charge is -2.36. The van der Waals surface area contributed by atoms with Crippen molar-refractivity contribution in [2.24, 2.45) is 0 Å². The molecule has 0 unspecified atom stereocenters. The quantitative estimate of drug-likeness (QED) is 0.513. The molecule has 3 aromatic rings. The van der Waals surface area contributed by atoms with Crippen LogP contribution in [-0.4, -0.2) is 53.7 Å². The molecule has 7 nitrogen and oxygen atoms in total. The van der Waals surface area contributed by atoms with Crippen molar-refractivity contribution in [2.45, 2.75) is 39.3 Å². The Morgan fingerprint density at radius 3 is 2.28 bits per heavy atom. The topological polar surface area (TPSA) is 66.0 Å². The molecule has 5 rings (SSSR count). The van der Waals surface area contributed by atoms with Crippen LogP contribution in [0.2, 0.25) is 0 Å². The first-order valence-electron chi connectivity index (χ1n) is 12.4. The second-order valence-electron chi connectivity index (χ2n) is 10.1. The molecular weight excluding hydrogens is 452 g/mol. The average molecular weight is 485 g/mol.